The zero-order chi connectivity index (χ0) is 18.4. The van der Waals surface area contributed by atoms with Crippen LogP contribution >= 0.6 is 0 Å². The van der Waals surface area contributed by atoms with E-state index in [-0.39, 0.29) is 5.92 Å². The van der Waals surface area contributed by atoms with Crippen LogP contribution in [0.4, 0.5) is 11.4 Å². The molecule has 2 aromatic carbocycles. The standard InChI is InChI=1S/C21H26N2O3/c1-16(21(24)25)15-17-7-9-18(10-8-17)22-11-4-12-23-13-14-26-20-6-3-2-5-19(20)23/h2-3,5-10,16,22H,4,11-15H2,1H3,(H,24,25)/t16-/m0/s1. The third-order valence-electron chi connectivity index (χ3n) is 4.68. The SMILES string of the molecule is C[C@@H](Cc1ccc(NCCCN2CCOc3ccccc32)cc1)C(=O)O. The Labute approximate surface area is 154 Å². The third kappa shape index (κ3) is 4.69. The van der Waals surface area contributed by atoms with E-state index in [2.05, 4.69) is 16.3 Å². The number of hydrogen-bond acceptors (Lipinski definition) is 4. The first-order chi connectivity index (χ1) is 12.6. The van der Waals surface area contributed by atoms with Gasteiger partial charge in [-0.15, -0.1) is 0 Å². The fraction of sp³-hybridized carbons (Fsp3) is 0.381. The first-order valence-corrected chi connectivity index (χ1v) is 9.16. The van der Waals surface area contributed by atoms with Gasteiger partial charge in [0.15, 0.2) is 0 Å². The number of ether oxygens (including phenoxy) is 1. The normalized spacial score (nSPS) is 14.3. The van der Waals surface area contributed by atoms with Gasteiger partial charge < -0.3 is 20.1 Å². The molecule has 1 aliphatic rings. The van der Waals surface area contributed by atoms with Crippen molar-refractivity contribution in [2.75, 3.05) is 36.5 Å². The van der Waals surface area contributed by atoms with Crippen molar-refractivity contribution < 1.29 is 14.6 Å². The van der Waals surface area contributed by atoms with E-state index in [0.717, 1.165) is 49.7 Å². The number of carboxylic acid groups (broad SMARTS) is 1. The molecule has 2 aromatic rings. The topological polar surface area (TPSA) is 61.8 Å². The van der Waals surface area contributed by atoms with Crippen molar-refractivity contribution in [3.8, 4) is 5.75 Å². The summed E-state index contributed by atoms with van der Waals surface area (Å²) in [5.41, 5.74) is 3.30. The summed E-state index contributed by atoms with van der Waals surface area (Å²) >= 11 is 0. The summed E-state index contributed by atoms with van der Waals surface area (Å²) in [5, 5.41) is 12.4. The van der Waals surface area contributed by atoms with Gasteiger partial charge in [0.1, 0.15) is 12.4 Å². The molecule has 0 amide bonds. The summed E-state index contributed by atoms with van der Waals surface area (Å²) in [6.45, 7) is 5.28. The molecule has 0 aliphatic carbocycles. The van der Waals surface area contributed by atoms with Crippen molar-refractivity contribution >= 4 is 17.3 Å². The molecule has 5 nitrogen and oxygen atoms in total. The highest BCUT2D eigenvalue weighted by atomic mass is 16.5. The van der Waals surface area contributed by atoms with Crippen LogP contribution in [0.1, 0.15) is 18.9 Å². The summed E-state index contributed by atoms with van der Waals surface area (Å²) in [4.78, 5) is 13.3. The Morgan fingerprint density at radius 1 is 1.23 bits per heavy atom. The molecule has 1 atom stereocenters. The van der Waals surface area contributed by atoms with Crippen LogP contribution in [0.5, 0.6) is 5.75 Å². The molecule has 0 fully saturated rings. The molecule has 1 aliphatic heterocycles. The minimum atomic E-state index is -0.753. The molecule has 0 saturated heterocycles. The van der Waals surface area contributed by atoms with Crippen molar-refractivity contribution in [1.82, 2.24) is 0 Å². The fourth-order valence-corrected chi connectivity index (χ4v) is 3.16. The predicted octanol–water partition coefficient (Wildman–Crippen LogP) is 3.65. The quantitative estimate of drug-likeness (QED) is 0.709. The van der Waals surface area contributed by atoms with E-state index >= 15 is 0 Å². The summed E-state index contributed by atoms with van der Waals surface area (Å²) < 4.78 is 5.69. The molecular formula is C21H26N2O3. The van der Waals surface area contributed by atoms with Gasteiger partial charge in [-0.05, 0) is 42.7 Å². The molecule has 1 heterocycles. The lowest BCUT2D eigenvalue weighted by molar-refractivity contribution is -0.141. The zero-order valence-corrected chi connectivity index (χ0v) is 15.1. The van der Waals surface area contributed by atoms with Crippen LogP contribution < -0.4 is 15.0 Å². The molecule has 0 radical (unpaired) electrons. The molecule has 0 saturated carbocycles. The Bertz CT molecular complexity index is 730. The number of carbonyl (C=O) groups is 1. The van der Waals surface area contributed by atoms with Gasteiger partial charge in [0.05, 0.1) is 18.2 Å². The number of aliphatic carboxylic acids is 1. The molecule has 2 N–H and O–H groups in total. The molecule has 5 heteroatoms. The molecule has 138 valence electrons. The number of carboxylic acids is 1. The molecular weight excluding hydrogens is 328 g/mol. The van der Waals surface area contributed by atoms with Crippen LogP contribution in [0, 0.1) is 5.92 Å². The van der Waals surface area contributed by atoms with E-state index in [0.29, 0.717) is 6.42 Å². The largest absolute Gasteiger partial charge is 0.490 e. The first-order valence-electron chi connectivity index (χ1n) is 9.16. The van der Waals surface area contributed by atoms with Gasteiger partial charge in [-0.2, -0.15) is 0 Å². The molecule has 0 unspecified atom stereocenters. The van der Waals surface area contributed by atoms with Gasteiger partial charge >= 0.3 is 5.97 Å². The molecule has 0 bridgehead atoms. The van der Waals surface area contributed by atoms with Gasteiger partial charge in [0.2, 0.25) is 0 Å². The van der Waals surface area contributed by atoms with Crippen molar-refractivity contribution in [3.63, 3.8) is 0 Å². The van der Waals surface area contributed by atoms with Crippen LogP contribution in [-0.4, -0.2) is 37.3 Å². The Morgan fingerprint density at radius 2 is 2.00 bits per heavy atom. The second-order valence-corrected chi connectivity index (χ2v) is 6.72. The minimum absolute atomic E-state index is 0.356. The number of nitrogens with one attached hydrogen (secondary N) is 1. The third-order valence-corrected chi connectivity index (χ3v) is 4.68. The van der Waals surface area contributed by atoms with Gasteiger partial charge in [-0.1, -0.05) is 31.2 Å². The fourth-order valence-electron chi connectivity index (χ4n) is 3.16. The average molecular weight is 354 g/mol. The summed E-state index contributed by atoms with van der Waals surface area (Å²) in [6.07, 6.45) is 1.60. The van der Waals surface area contributed by atoms with E-state index in [1.54, 1.807) is 6.92 Å². The van der Waals surface area contributed by atoms with Crippen LogP contribution in [0.2, 0.25) is 0 Å². The lowest BCUT2D eigenvalue weighted by Crippen LogP contribution is -2.34. The van der Waals surface area contributed by atoms with Crippen LogP contribution in [0.25, 0.3) is 0 Å². The highest BCUT2D eigenvalue weighted by molar-refractivity contribution is 5.70. The van der Waals surface area contributed by atoms with E-state index in [1.165, 1.54) is 5.69 Å². The second kappa shape index (κ2) is 8.61. The number of hydrogen-bond donors (Lipinski definition) is 2. The second-order valence-electron chi connectivity index (χ2n) is 6.72. The first kappa shape index (κ1) is 18.1. The minimum Gasteiger partial charge on any atom is -0.490 e. The van der Waals surface area contributed by atoms with Crippen LogP contribution in [0.15, 0.2) is 48.5 Å². The average Bonchev–Trinajstić information content (AvgIpc) is 2.66. The van der Waals surface area contributed by atoms with Gasteiger partial charge in [-0.25, -0.2) is 0 Å². The van der Waals surface area contributed by atoms with E-state index in [1.807, 2.05) is 42.5 Å². The number of rotatable bonds is 8. The van der Waals surface area contributed by atoms with Crippen LogP contribution in [0.3, 0.4) is 0 Å². The molecule has 0 spiro atoms. The van der Waals surface area contributed by atoms with Crippen molar-refractivity contribution in [2.24, 2.45) is 5.92 Å². The van der Waals surface area contributed by atoms with E-state index in [4.69, 9.17) is 9.84 Å². The highest BCUT2D eigenvalue weighted by Crippen LogP contribution is 2.30. The lowest BCUT2D eigenvalue weighted by Gasteiger charge is -2.31. The maximum atomic E-state index is 10.9. The maximum absolute atomic E-state index is 10.9. The van der Waals surface area contributed by atoms with E-state index < -0.39 is 5.97 Å². The Hall–Kier alpha value is -2.69. The van der Waals surface area contributed by atoms with Crippen molar-refractivity contribution in [2.45, 2.75) is 19.8 Å². The van der Waals surface area contributed by atoms with Gasteiger partial charge in [-0.3, -0.25) is 4.79 Å². The Morgan fingerprint density at radius 3 is 2.77 bits per heavy atom. The van der Waals surface area contributed by atoms with Crippen molar-refractivity contribution in [3.05, 3.63) is 54.1 Å². The van der Waals surface area contributed by atoms with E-state index in [9.17, 15) is 4.79 Å². The number of fused-ring (bicyclic) bond motifs is 1. The molecule has 0 aromatic heterocycles. The van der Waals surface area contributed by atoms with Crippen LogP contribution in [-0.2, 0) is 11.2 Å². The monoisotopic (exact) mass is 354 g/mol. The molecule has 3 rings (SSSR count). The maximum Gasteiger partial charge on any atom is 0.306 e. The smallest absolute Gasteiger partial charge is 0.306 e. The Balaban J connectivity index is 1.44. The summed E-state index contributed by atoms with van der Waals surface area (Å²) in [7, 11) is 0. The number of para-hydroxylation sites is 2. The summed E-state index contributed by atoms with van der Waals surface area (Å²) in [5.74, 6) is -0.139. The molecule has 26 heavy (non-hydrogen) atoms. The van der Waals surface area contributed by atoms with Gasteiger partial charge in [0.25, 0.3) is 0 Å². The van der Waals surface area contributed by atoms with Gasteiger partial charge in [0, 0.05) is 18.8 Å². The highest BCUT2D eigenvalue weighted by Gasteiger charge is 2.16. The number of benzene rings is 2. The predicted molar refractivity (Wildman–Crippen MR) is 104 cm³/mol. The number of nitrogens with zero attached hydrogens (tertiary/aromatic N) is 1. The van der Waals surface area contributed by atoms with Crippen molar-refractivity contribution in [1.29, 1.82) is 0 Å². The Kier molecular flexibility index (Phi) is 6.00. The number of anilines is 2. The lowest BCUT2D eigenvalue weighted by atomic mass is 10.0. The summed E-state index contributed by atoms with van der Waals surface area (Å²) in [6, 6.07) is 16.2. The zero-order valence-electron chi connectivity index (χ0n) is 15.1.